The molecular formula is C52H66N12O12S2. The topological polar surface area (TPSA) is 302 Å². The van der Waals surface area contributed by atoms with Crippen molar-refractivity contribution in [3.05, 3.63) is 72.3 Å². The summed E-state index contributed by atoms with van der Waals surface area (Å²) in [7, 11) is 5.36. The van der Waals surface area contributed by atoms with Crippen molar-refractivity contribution < 1.29 is 57.4 Å². The van der Waals surface area contributed by atoms with Crippen molar-refractivity contribution in [3.8, 4) is 0 Å². The Bertz CT molecular complexity index is 2950. The van der Waals surface area contributed by atoms with Gasteiger partial charge in [0.05, 0.1) is 39.0 Å². The maximum atomic E-state index is 15.3. The molecule has 78 heavy (non-hydrogen) atoms. The van der Waals surface area contributed by atoms with Crippen LogP contribution < -0.4 is 21.3 Å². The van der Waals surface area contributed by atoms with E-state index in [0.717, 1.165) is 43.1 Å². The molecule has 10 atom stereocenters. The van der Waals surface area contributed by atoms with Crippen molar-refractivity contribution in [3.63, 3.8) is 0 Å². The van der Waals surface area contributed by atoms with E-state index in [1.807, 2.05) is 0 Å². The highest BCUT2D eigenvalue weighted by atomic mass is 32.2. The van der Waals surface area contributed by atoms with Gasteiger partial charge in [0, 0.05) is 33.9 Å². The first-order valence-corrected chi connectivity index (χ1v) is 27.5. The number of thioether (sulfide) groups is 2. The van der Waals surface area contributed by atoms with Gasteiger partial charge in [-0.1, -0.05) is 58.4 Å². The minimum absolute atomic E-state index is 0.179. The van der Waals surface area contributed by atoms with Gasteiger partial charge in [-0.3, -0.25) is 48.3 Å². The highest BCUT2D eigenvalue weighted by Gasteiger charge is 2.46. The molecule has 418 valence electrons. The summed E-state index contributed by atoms with van der Waals surface area (Å²) in [5, 5.41) is 10.3. The van der Waals surface area contributed by atoms with Crippen LogP contribution in [0.3, 0.4) is 0 Å². The molecule has 8 amide bonds. The number of esters is 2. The van der Waals surface area contributed by atoms with E-state index in [4.69, 9.17) is 9.47 Å². The van der Waals surface area contributed by atoms with Crippen LogP contribution in [0.1, 0.15) is 68.9 Å². The van der Waals surface area contributed by atoms with Crippen LogP contribution in [-0.4, -0.2) is 205 Å². The maximum Gasteiger partial charge on any atom is 0.329 e. The van der Waals surface area contributed by atoms with Crippen LogP contribution in [0.4, 0.5) is 0 Å². The van der Waals surface area contributed by atoms with E-state index in [9.17, 15) is 38.4 Å². The number of nitrogens with zero attached hydrogens (tertiary/aromatic N) is 8. The first kappa shape index (κ1) is 59.8. The molecule has 6 rings (SSSR count). The first-order valence-electron chi connectivity index (χ1n) is 25.2. The highest BCUT2D eigenvalue weighted by molar-refractivity contribution is 8.16. The second-order valence-electron chi connectivity index (χ2n) is 19.5. The van der Waals surface area contributed by atoms with Gasteiger partial charge < -0.3 is 50.3 Å². The average Bonchev–Trinajstić information content (AvgIpc) is 3.48. The molecule has 2 aromatic heterocycles. The zero-order valence-electron chi connectivity index (χ0n) is 45.2. The van der Waals surface area contributed by atoms with E-state index in [1.54, 1.807) is 82.5 Å². The monoisotopic (exact) mass is 1110 g/mol. The second-order valence-corrected chi connectivity index (χ2v) is 21.9. The molecule has 0 radical (unpaired) electrons. The van der Waals surface area contributed by atoms with E-state index in [1.165, 1.54) is 54.4 Å². The van der Waals surface area contributed by atoms with E-state index in [2.05, 4.69) is 41.2 Å². The molecule has 0 aliphatic carbocycles. The summed E-state index contributed by atoms with van der Waals surface area (Å²) in [5.74, 6) is -10.3. The Balaban J connectivity index is 1.44. The fourth-order valence-corrected chi connectivity index (χ4v) is 11.6. The van der Waals surface area contributed by atoms with Crippen molar-refractivity contribution in [2.24, 2.45) is 11.8 Å². The molecule has 4 aromatic rings. The quantitative estimate of drug-likeness (QED) is 0.179. The maximum absolute atomic E-state index is 15.3. The molecule has 0 saturated carbocycles. The standard InChI is InChI=1S/C52H66N12O12S2/c1-12-27(4)40-51(74)76-24-37(60-43(66)35-22-54-31-18-14-16-20-33(31)58-35)44(67)55-28(5)46(69)61(7)38-25-78-52(77-11)41(49(72)63(40)9)64(10)47(70)29(6)56-45(68)36(23-75-50(73)39(26(2)3)62(8)48(38)71)59-42(65)34-21-53-30-17-13-15-19-32(30)57-34/h13-22,26-29,36-41,52H,12,23-25H2,1-11H3,(H,55,67)(H,56,68)(H,59,65)(H,60,66). The van der Waals surface area contributed by atoms with Crippen LogP contribution in [-0.2, 0) is 47.8 Å². The smallest absolute Gasteiger partial charge is 0.329 e. The number of nitrogens with one attached hydrogen (secondary N) is 4. The zero-order chi connectivity index (χ0) is 57.3. The van der Waals surface area contributed by atoms with Crippen molar-refractivity contribution in [2.45, 2.75) is 101 Å². The summed E-state index contributed by atoms with van der Waals surface area (Å²) in [5.41, 5.74) is 1.39. The third-order valence-corrected chi connectivity index (χ3v) is 16.5. The number of cyclic esters (lactones) is 2. The Labute approximate surface area is 459 Å². The lowest BCUT2D eigenvalue weighted by Gasteiger charge is -2.40. The van der Waals surface area contributed by atoms with Gasteiger partial charge in [-0.15, -0.1) is 23.5 Å². The van der Waals surface area contributed by atoms with E-state index >= 15 is 9.59 Å². The number of carbonyl (C=O) groups excluding carboxylic acids is 10. The van der Waals surface area contributed by atoms with E-state index in [0.29, 0.717) is 28.5 Å². The number of aromatic nitrogens is 4. The van der Waals surface area contributed by atoms with Gasteiger partial charge in [0.2, 0.25) is 35.4 Å². The fourth-order valence-electron chi connectivity index (χ4n) is 9.00. The Hall–Kier alpha value is -7.48. The first-order chi connectivity index (χ1) is 37.0. The summed E-state index contributed by atoms with van der Waals surface area (Å²) in [4.78, 5) is 166. The SMILES string of the molecule is CCC(C)C1C(=O)OCC(NC(=O)c2cnc3ccccc3n2)C(=O)NC(C)C(=O)N(C)C2CSC(SC)C(C(=O)N1C)N(C)C(=O)C(C)NC(=O)C(NC(=O)c1cnc3ccccc3n1)COC(=O)C(C(C)C)N(C)C2=O. The molecule has 4 heterocycles. The van der Waals surface area contributed by atoms with Crippen LogP contribution in [0.5, 0.6) is 0 Å². The molecule has 10 unspecified atom stereocenters. The molecule has 2 bridgehead atoms. The number of benzene rings is 2. The normalized spacial score (nSPS) is 25.6. The molecule has 24 nitrogen and oxygen atoms in total. The largest absolute Gasteiger partial charge is 0.461 e. The number of hydrogen-bond acceptors (Lipinski definition) is 18. The minimum Gasteiger partial charge on any atom is -0.461 e. The van der Waals surface area contributed by atoms with Gasteiger partial charge >= 0.3 is 11.9 Å². The van der Waals surface area contributed by atoms with Gasteiger partial charge in [-0.2, -0.15) is 0 Å². The number of hydrogen-bond donors (Lipinski definition) is 4. The zero-order valence-corrected chi connectivity index (χ0v) is 46.9. The fraction of sp³-hybridized carbons (Fsp3) is 0.500. The Morgan fingerprint density at radius 1 is 0.654 bits per heavy atom. The average molecular weight is 1120 g/mol. The third kappa shape index (κ3) is 13.6. The summed E-state index contributed by atoms with van der Waals surface area (Å²) >= 11 is 2.17. The van der Waals surface area contributed by atoms with Crippen LogP contribution in [0.25, 0.3) is 22.1 Å². The molecule has 2 aliphatic heterocycles. The molecule has 2 saturated heterocycles. The molecular weight excluding hydrogens is 1050 g/mol. The molecule has 0 spiro atoms. The second kappa shape index (κ2) is 26.2. The number of likely N-dealkylation sites (N-methyl/N-ethyl adjacent to an activating group) is 4. The summed E-state index contributed by atoms with van der Waals surface area (Å²) in [6.45, 7) is 7.90. The van der Waals surface area contributed by atoms with Crippen molar-refractivity contribution in [1.29, 1.82) is 0 Å². The van der Waals surface area contributed by atoms with Crippen molar-refractivity contribution in [1.82, 2.24) is 60.8 Å². The summed E-state index contributed by atoms with van der Waals surface area (Å²) in [6.07, 6.45) is 4.41. The van der Waals surface area contributed by atoms with Crippen LogP contribution in [0, 0.1) is 11.8 Å². The number of amides is 8. The number of rotatable bonds is 8. The lowest BCUT2D eigenvalue weighted by Crippen LogP contribution is -2.61. The van der Waals surface area contributed by atoms with Gasteiger partial charge in [0.1, 0.15) is 72.9 Å². The van der Waals surface area contributed by atoms with Crippen LogP contribution in [0.2, 0.25) is 0 Å². The Kier molecular flexibility index (Phi) is 20.1. The Morgan fingerprint density at radius 2 is 1.09 bits per heavy atom. The molecule has 2 aromatic carbocycles. The molecule has 2 aliphatic rings. The third-order valence-electron chi connectivity index (χ3n) is 13.7. The van der Waals surface area contributed by atoms with Gasteiger partial charge in [0.15, 0.2) is 0 Å². The number of para-hydroxylation sites is 4. The van der Waals surface area contributed by atoms with Crippen molar-refractivity contribution >= 4 is 105 Å². The molecule has 26 heteroatoms. The van der Waals surface area contributed by atoms with Gasteiger partial charge in [-0.05, 0) is 56.2 Å². The van der Waals surface area contributed by atoms with Gasteiger partial charge in [0.25, 0.3) is 11.8 Å². The van der Waals surface area contributed by atoms with E-state index < -0.39 is 137 Å². The van der Waals surface area contributed by atoms with Gasteiger partial charge in [-0.25, -0.2) is 19.6 Å². The summed E-state index contributed by atoms with van der Waals surface area (Å²) < 4.78 is 10.6. The highest BCUT2D eigenvalue weighted by Crippen LogP contribution is 2.32. The lowest BCUT2D eigenvalue weighted by atomic mass is 9.97. The van der Waals surface area contributed by atoms with Crippen LogP contribution in [0.15, 0.2) is 60.9 Å². The van der Waals surface area contributed by atoms with Crippen LogP contribution >= 0.6 is 23.5 Å². The van der Waals surface area contributed by atoms with E-state index in [-0.39, 0.29) is 17.1 Å². The minimum atomic E-state index is -1.66. The number of ether oxygens (including phenoxy) is 2. The molecule has 4 N–H and O–H groups in total. The number of fused-ring (bicyclic) bond motifs is 6. The predicted molar refractivity (Wildman–Crippen MR) is 289 cm³/mol. The molecule has 2 fully saturated rings. The summed E-state index contributed by atoms with van der Waals surface area (Å²) in [6, 6.07) is 1.82. The van der Waals surface area contributed by atoms with Crippen molar-refractivity contribution in [2.75, 3.05) is 53.4 Å². The Morgan fingerprint density at radius 3 is 1.54 bits per heavy atom. The predicted octanol–water partition coefficient (Wildman–Crippen LogP) is 1.03. The number of carbonyl (C=O) groups is 10. The lowest BCUT2D eigenvalue weighted by molar-refractivity contribution is -0.160.